The molecule has 0 heterocycles. The summed E-state index contributed by atoms with van der Waals surface area (Å²) in [6.07, 6.45) is -0.464. The molecule has 0 aliphatic rings. The van der Waals surface area contributed by atoms with Crippen molar-refractivity contribution in [3.05, 3.63) is 66.2 Å². The number of para-hydroxylation sites is 1. The number of rotatable bonds is 5. The Morgan fingerprint density at radius 1 is 1.00 bits per heavy atom. The molecular weight excluding hydrogens is 254 g/mol. The Morgan fingerprint density at radius 2 is 1.60 bits per heavy atom. The summed E-state index contributed by atoms with van der Waals surface area (Å²) >= 11 is 0. The summed E-state index contributed by atoms with van der Waals surface area (Å²) in [5, 5.41) is 9.08. The molecule has 4 nitrogen and oxygen atoms in total. The van der Waals surface area contributed by atoms with Crippen molar-refractivity contribution in [3.63, 3.8) is 0 Å². The van der Waals surface area contributed by atoms with Gasteiger partial charge in [0.1, 0.15) is 5.75 Å². The Labute approximate surface area is 118 Å². The molecule has 0 fully saturated rings. The van der Waals surface area contributed by atoms with Crippen LogP contribution in [0.1, 0.15) is 5.56 Å². The lowest BCUT2D eigenvalue weighted by Crippen LogP contribution is -2.35. The van der Waals surface area contributed by atoms with Gasteiger partial charge in [-0.2, -0.15) is 0 Å². The number of carbonyl (C=O) groups excluding carboxylic acids is 1. The number of carbonyl (C=O) groups is 1. The molecule has 0 bridgehead atoms. The van der Waals surface area contributed by atoms with Crippen molar-refractivity contribution in [1.29, 1.82) is 0 Å². The van der Waals surface area contributed by atoms with Crippen LogP contribution in [-0.2, 0) is 6.54 Å². The van der Waals surface area contributed by atoms with Crippen LogP contribution in [0.2, 0.25) is 0 Å². The third-order valence-corrected chi connectivity index (χ3v) is 2.79. The fourth-order valence-corrected chi connectivity index (χ4v) is 1.81. The summed E-state index contributed by atoms with van der Waals surface area (Å²) < 4.78 is 5.28. The normalized spacial score (nSPS) is 10.1. The van der Waals surface area contributed by atoms with Crippen LogP contribution in [0.4, 0.5) is 4.79 Å². The van der Waals surface area contributed by atoms with E-state index in [1.54, 1.807) is 24.3 Å². The second-order valence-electron chi connectivity index (χ2n) is 4.31. The number of ether oxygens (including phenoxy) is 1. The molecule has 0 saturated carbocycles. The summed E-state index contributed by atoms with van der Waals surface area (Å²) in [7, 11) is 0. The number of amides is 1. The number of aliphatic hydroxyl groups excluding tert-OH is 1. The van der Waals surface area contributed by atoms with E-state index in [1.807, 2.05) is 36.4 Å². The Balaban J connectivity index is 2.02. The average Bonchev–Trinajstić information content (AvgIpc) is 2.49. The lowest BCUT2D eigenvalue weighted by molar-refractivity contribution is 0.135. The van der Waals surface area contributed by atoms with Crippen LogP contribution in [0, 0.1) is 0 Å². The Morgan fingerprint density at radius 3 is 2.20 bits per heavy atom. The SMILES string of the molecule is O=C(Oc1ccccc1)N(CCO)Cc1ccccc1. The standard InChI is InChI=1S/C16H17NO3/c18-12-11-17(13-14-7-3-1-4-8-14)16(19)20-15-9-5-2-6-10-15/h1-10,18H,11-13H2. The molecule has 2 aromatic carbocycles. The minimum Gasteiger partial charge on any atom is -0.410 e. The lowest BCUT2D eigenvalue weighted by atomic mass is 10.2. The van der Waals surface area contributed by atoms with E-state index in [4.69, 9.17) is 9.84 Å². The van der Waals surface area contributed by atoms with Gasteiger partial charge in [0.2, 0.25) is 0 Å². The van der Waals surface area contributed by atoms with E-state index in [0.717, 1.165) is 5.56 Å². The van der Waals surface area contributed by atoms with Gasteiger partial charge in [-0.15, -0.1) is 0 Å². The zero-order valence-corrected chi connectivity index (χ0v) is 11.1. The summed E-state index contributed by atoms with van der Waals surface area (Å²) in [6, 6.07) is 18.5. The molecule has 0 aliphatic carbocycles. The third kappa shape index (κ3) is 4.10. The molecule has 0 radical (unpaired) electrons. The van der Waals surface area contributed by atoms with E-state index in [9.17, 15) is 4.79 Å². The molecule has 1 amide bonds. The minimum absolute atomic E-state index is 0.100. The predicted molar refractivity (Wildman–Crippen MR) is 76.4 cm³/mol. The smallest absolute Gasteiger partial charge is 0.410 e. The first-order valence-electron chi connectivity index (χ1n) is 6.46. The Kier molecular flexibility index (Phi) is 5.15. The summed E-state index contributed by atoms with van der Waals surface area (Å²) in [5.41, 5.74) is 0.992. The molecular formula is C16H17NO3. The number of hydrogen-bond donors (Lipinski definition) is 1. The van der Waals surface area contributed by atoms with Gasteiger partial charge < -0.3 is 14.7 Å². The molecule has 2 rings (SSSR count). The highest BCUT2D eigenvalue weighted by atomic mass is 16.6. The van der Waals surface area contributed by atoms with E-state index in [-0.39, 0.29) is 13.2 Å². The molecule has 4 heteroatoms. The van der Waals surface area contributed by atoms with Gasteiger partial charge in [-0.1, -0.05) is 48.5 Å². The van der Waals surface area contributed by atoms with E-state index >= 15 is 0 Å². The first-order valence-corrected chi connectivity index (χ1v) is 6.46. The van der Waals surface area contributed by atoms with Crippen LogP contribution in [0.15, 0.2) is 60.7 Å². The number of benzene rings is 2. The molecule has 0 spiro atoms. The highest BCUT2D eigenvalue weighted by molar-refractivity contribution is 5.70. The van der Waals surface area contributed by atoms with Crippen LogP contribution in [0.3, 0.4) is 0 Å². The van der Waals surface area contributed by atoms with Crippen molar-refractivity contribution in [3.8, 4) is 5.75 Å². The number of nitrogens with zero attached hydrogens (tertiary/aromatic N) is 1. The maximum Gasteiger partial charge on any atom is 0.415 e. The first kappa shape index (κ1) is 14.1. The zero-order chi connectivity index (χ0) is 14.2. The van der Waals surface area contributed by atoms with E-state index in [0.29, 0.717) is 12.3 Å². The molecule has 20 heavy (non-hydrogen) atoms. The third-order valence-electron chi connectivity index (χ3n) is 2.79. The molecule has 2 aromatic rings. The van der Waals surface area contributed by atoms with Crippen molar-refractivity contribution in [1.82, 2.24) is 4.90 Å². The van der Waals surface area contributed by atoms with Gasteiger partial charge in [-0.05, 0) is 17.7 Å². The van der Waals surface area contributed by atoms with Crippen LogP contribution in [0.5, 0.6) is 5.75 Å². The largest absolute Gasteiger partial charge is 0.415 e. The van der Waals surface area contributed by atoms with Crippen molar-refractivity contribution < 1.29 is 14.6 Å². The van der Waals surface area contributed by atoms with Crippen molar-refractivity contribution in [2.75, 3.05) is 13.2 Å². The topological polar surface area (TPSA) is 49.8 Å². The van der Waals surface area contributed by atoms with Gasteiger partial charge >= 0.3 is 6.09 Å². The van der Waals surface area contributed by atoms with E-state index in [2.05, 4.69) is 0 Å². The monoisotopic (exact) mass is 271 g/mol. The quantitative estimate of drug-likeness (QED) is 0.909. The molecule has 0 saturated heterocycles. The van der Waals surface area contributed by atoms with Gasteiger partial charge in [0, 0.05) is 13.1 Å². The van der Waals surface area contributed by atoms with Gasteiger partial charge in [0.15, 0.2) is 0 Å². The van der Waals surface area contributed by atoms with Gasteiger partial charge in [0.25, 0.3) is 0 Å². The van der Waals surface area contributed by atoms with Gasteiger partial charge in [0.05, 0.1) is 6.61 Å². The van der Waals surface area contributed by atoms with Crippen molar-refractivity contribution in [2.45, 2.75) is 6.54 Å². The van der Waals surface area contributed by atoms with Crippen LogP contribution in [-0.4, -0.2) is 29.3 Å². The summed E-state index contributed by atoms with van der Waals surface area (Å²) in [5.74, 6) is 0.494. The van der Waals surface area contributed by atoms with Crippen LogP contribution in [0.25, 0.3) is 0 Å². The zero-order valence-electron chi connectivity index (χ0n) is 11.1. The molecule has 0 aliphatic heterocycles. The summed E-state index contributed by atoms with van der Waals surface area (Å²) in [6.45, 7) is 0.546. The molecule has 0 atom stereocenters. The summed E-state index contributed by atoms with van der Waals surface area (Å²) in [4.78, 5) is 13.6. The first-order chi connectivity index (χ1) is 9.79. The fourth-order valence-electron chi connectivity index (χ4n) is 1.81. The van der Waals surface area contributed by atoms with E-state index < -0.39 is 6.09 Å². The van der Waals surface area contributed by atoms with Crippen LogP contribution >= 0.6 is 0 Å². The molecule has 1 N–H and O–H groups in total. The van der Waals surface area contributed by atoms with Crippen molar-refractivity contribution in [2.24, 2.45) is 0 Å². The van der Waals surface area contributed by atoms with Crippen LogP contribution < -0.4 is 4.74 Å². The van der Waals surface area contributed by atoms with Crippen molar-refractivity contribution >= 4 is 6.09 Å². The average molecular weight is 271 g/mol. The minimum atomic E-state index is -0.464. The maximum atomic E-state index is 12.1. The number of hydrogen-bond acceptors (Lipinski definition) is 3. The molecule has 0 unspecified atom stereocenters. The highest BCUT2D eigenvalue weighted by Crippen LogP contribution is 2.12. The Bertz CT molecular complexity index is 528. The van der Waals surface area contributed by atoms with Gasteiger partial charge in [-0.3, -0.25) is 0 Å². The maximum absolute atomic E-state index is 12.1. The number of aliphatic hydroxyl groups is 1. The highest BCUT2D eigenvalue weighted by Gasteiger charge is 2.15. The Hall–Kier alpha value is -2.33. The predicted octanol–water partition coefficient (Wildman–Crippen LogP) is 2.68. The second-order valence-corrected chi connectivity index (χ2v) is 4.31. The molecule has 104 valence electrons. The fraction of sp³-hybridized carbons (Fsp3) is 0.188. The second kappa shape index (κ2) is 7.31. The molecule has 0 aromatic heterocycles. The van der Waals surface area contributed by atoms with E-state index in [1.165, 1.54) is 4.90 Å². The van der Waals surface area contributed by atoms with Gasteiger partial charge in [-0.25, -0.2) is 4.79 Å². The lowest BCUT2D eigenvalue weighted by Gasteiger charge is -2.21.